The van der Waals surface area contributed by atoms with Gasteiger partial charge in [0, 0.05) is 11.8 Å². The summed E-state index contributed by atoms with van der Waals surface area (Å²) in [4.78, 5) is 10.7. The normalized spacial score (nSPS) is 11.5. The van der Waals surface area contributed by atoms with Gasteiger partial charge in [-0.05, 0) is 0 Å². The van der Waals surface area contributed by atoms with E-state index in [1.54, 1.807) is 0 Å². The lowest BCUT2D eigenvalue weighted by Crippen LogP contribution is -2.15. The predicted molar refractivity (Wildman–Crippen MR) is 50.5 cm³/mol. The third-order valence-corrected chi connectivity index (χ3v) is 2.84. The fourth-order valence-electron chi connectivity index (χ4n) is 0.474. The first-order valence-electron chi connectivity index (χ1n) is 3.38. The smallest absolute Gasteiger partial charge is 0.359 e. The molecule has 0 unspecified atom stereocenters. The van der Waals surface area contributed by atoms with E-state index in [4.69, 9.17) is 28.9 Å². The molecule has 0 bridgehead atoms. The highest BCUT2D eigenvalue weighted by Gasteiger charge is 2.32. The van der Waals surface area contributed by atoms with E-state index in [1.807, 2.05) is 0 Å². The molecule has 0 aliphatic heterocycles. The minimum Gasteiger partial charge on any atom is -0.359 e. The maximum atomic E-state index is 11.4. The van der Waals surface area contributed by atoms with Crippen LogP contribution in [0.4, 0.5) is 4.79 Å². The molecule has 0 rings (SSSR count). The van der Waals surface area contributed by atoms with Gasteiger partial charge in [-0.2, -0.15) is 0 Å². The van der Waals surface area contributed by atoms with Crippen molar-refractivity contribution in [1.82, 2.24) is 0 Å². The molecule has 8 heteroatoms. The molecule has 0 radical (unpaired) electrons. The molecule has 0 atom stereocenters. The van der Waals surface area contributed by atoms with E-state index in [2.05, 4.69) is 9.05 Å². The largest absolute Gasteiger partial charge is 0.418 e. The lowest BCUT2D eigenvalue weighted by Gasteiger charge is -2.13. The number of carbonyl (C=O) groups is 1. The van der Waals surface area contributed by atoms with Crippen LogP contribution in [0.1, 0.15) is 0 Å². The highest BCUT2D eigenvalue weighted by Crippen LogP contribution is 2.47. The Kier molecular flexibility index (Phi) is 6.73. The van der Waals surface area contributed by atoms with E-state index in [0.717, 1.165) is 0 Å². The Morgan fingerprint density at radius 1 is 1.23 bits per heavy atom. The van der Waals surface area contributed by atoms with Gasteiger partial charge < -0.3 is 14.8 Å². The summed E-state index contributed by atoms with van der Waals surface area (Å²) in [6, 6.07) is 0. The fraction of sp³-hybridized carbons (Fsp3) is 0.800. The molecule has 0 aromatic rings. The molecule has 1 amide bonds. The van der Waals surface area contributed by atoms with Crippen LogP contribution in [0, 0.1) is 0 Å². The Morgan fingerprint density at radius 2 is 1.62 bits per heavy atom. The Bertz CT molecular complexity index is 201. The summed E-state index contributed by atoms with van der Waals surface area (Å²) in [5.41, 5.74) is 3.68. The molecule has 0 aromatic carbocycles. The standard InChI is InChI=1S/C5H10Cl2NO4P/c6-1-3-11-13(10,5(8)9)12-4-2-7/h1-4H2,(H2,8,9). The number of amides is 1. The van der Waals surface area contributed by atoms with E-state index < -0.39 is 13.2 Å². The van der Waals surface area contributed by atoms with Crippen LogP contribution in [0.5, 0.6) is 0 Å². The fourth-order valence-corrected chi connectivity index (χ4v) is 1.84. The van der Waals surface area contributed by atoms with Gasteiger partial charge in [0.25, 0.3) is 0 Å². The van der Waals surface area contributed by atoms with Crippen molar-refractivity contribution in [3.05, 3.63) is 0 Å². The zero-order valence-corrected chi connectivity index (χ0v) is 9.15. The summed E-state index contributed by atoms with van der Waals surface area (Å²) < 4.78 is 20.6. The highest BCUT2D eigenvalue weighted by atomic mass is 35.5. The summed E-state index contributed by atoms with van der Waals surface area (Å²) in [6.07, 6.45) is 0. The highest BCUT2D eigenvalue weighted by molar-refractivity contribution is 7.71. The second-order valence-corrected chi connectivity index (χ2v) is 4.59. The monoisotopic (exact) mass is 249 g/mol. The van der Waals surface area contributed by atoms with Crippen molar-refractivity contribution in [2.45, 2.75) is 0 Å². The molecule has 0 heterocycles. The average Bonchev–Trinajstić information content (AvgIpc) is 2.11. The molecule has 0 aliphatic rings. The number of primary amides is 1. The first-order valence-corrected chi connectivity index (χ1v) is 5.99. The van der Waals surface area contributed by atoms with Crippen LogP contribution in [0.3, 0.4) is 0 Å². The second kappa shape index (κ2) is 6.62. The number of halogens is 2. The molecule has 0 spiro atoms. The summed E-state index contributed by atoms with van der Waals surface area (Å²) in [5, 5.41) is 0. The maximum absolute atomic E-state index is 11.4. The molecule has 0 saturated carbocycles. The first kappa shape index (κ1) is 13.2. The van der Waals surface area contributed by atoms with Crippen LogP contribution in [-0.2, 0) is 13.6 Å². The van der Waals surface area contributed by atoms with Crippen molar-refractivity contribution in [2.24, 2.45) is 5.73 Å². The molecule has 0 aromatic heterocycles. The first-order chi connectivity index (χ1) is 6.06. The van der Waals surface area contributed by atoms with Gasteiger partial charge in [0.05, 0.1) is 13.2 Å². The molecule has 78 valence electrons. The van der Waals surface area contributed by atoms with Gasteiger partial charge in [0.1, 0.15) is 0 Å². The lowest BCUT2D eigenvalue weighted by molar-refractivity contribution is 0.212. The van der Waals surface area contributed by atoms with E-state index in [1.165, 1.54) is 0 Å². The zero-order chi connectivity index (χ0) is 10.3. The zero-order valence-electron chi connectivity index (χ0n) is 6.74. The summed E-state index contributed by atoms with van der Waals surface area (Å²) in [6.45, 7) is -0.131. The SMILES string of the molecule is NC(=O)P(=O)(OCCCl)OCCCl. The molecule has 2 N–H and O–H groups in total. The summed E-state index contributed by atoms with van der Waals surface area (Å²) in [7, 11) is -3.85. The van der Waals surface area contributed by atoms with Gasteiger partial charge >= 0.3 is 13.2 Å². The molecule has 5 nitrogen and oxygen atoms in total. The number of alkyl halides is 2. The number of nitrogens with two attached hydrogens (primary N) is 1. The molecular weight excluding hydrogens is 240 g/mol. The van der Waals surface area contributed by atoms with Crippen LogP contribution >= 0.6 is 30.8 Å². The van der Waals surface area contributed by atoms with Crippen LogP contribution in [0.25, 0.3) is 0 Å². The Morgan fingerprint density at radius 3 is 1.85 bits per heavy atom. The molecular formula is C5H10Cl2NO4P. The molecule has 13 heavy (non-hydrogen) atoms. The van der Waals surface area contributed by atoms with E-state index >= 15 is 0 Å². The summed E-state index contributed by atoms with van der Waals surface area (Å²) in [5.74, 6) is 0.197. The quantitative estimate of drug-likeness (QED) is 0.551. The Labute approximate surface area is 86.0 Å². The van der Waals surface area contributed by atoms with Crippen LogP contribution in [-0.4, -0.2) is 30.6 Å². The van der Waals surface area contributed by atoms with Gasteiger partial charge in [-0.1, -0.05) is 0 Å². The lowest BCUT2D eigenvalue weighted by atomic mass is 10.9. The minimum atomic E-state index is -3.85. The third-order valence-electron chi connectivity index (χ3n) is 0.947. The van der Waals surface area contributed by atoms with Gasteiger partial charge in [-0.15, -0.1) is 23.2 Å². The van der Waals surface area contributed by atoms with Crippen molar-refractivity contribution in [2.75, 3.05) is 25.0 Å². The summed E-state index contributed by atoms with van der Waals surface area (Å²) >= 11 is 10.5. The third kappa shape index (κ3) is 4.84. The number of hydrogen-bond donors (Lipinski definition) is 1. The topological polar surface area (TPSA) is 78.6 Å². The van der Waals surface area contributed by atoms with Crippen LogP contribution < -0.4 is 5.73 Å². The van der Waals surface area contributed by atoms with Gasteiger partial charge in [0.15, 0.2) is 0 Å². The Hall–Kier alpha value is 0.200. The number of hydrogen-bond acceptors (Lipinski definition) is 4. The minimum absolute atomic E-state index is 0.0654. The number of rotatable bonds is 7. The number of carbonyl (C=O) groups excluding carboxylic acids is 1. The second-order valence-electron chi connectivity index (χ2n) is 1.88. The van der Waals surface area contributed by atoms with Crippen molar-refractivity contribution >= 4 is 36.4 Å². The van der Waals surface area contributed by atoms with Crippen molar-refractivity contribution in [3.63, 3.8) is 0 Å². The molecule has 0 aliphatic carbocycles. The average molecular weight is 250 g/mol. The van der Waals surface area contributed by atoms with Crippen LogP contribution in [0.15, 0.2) is 0 Å². The van der Waals surface area contributed by atoms with Gasteiger partial charge in [-0.3, -0.25) is 4.79 Å². The Balaban J connectivity index is 4.18. The van der Waals surface area contributed by atoms with E-state index in [9.17, 15) is 9.36 Å². The molecule has 0 fully saturated rings. The molecule has 0 saturated heterocycles. The van der Waals surface area contributed by atoms with Crippen molar-refractivity contribution in [3.8, 4) is 0 Å². The van der Waals surface area contributed by atoms with E-state index in [0.29, 0.717) is 0 Å². The predicted octanol–water partition coefficient (Wildman–Crippen LogP) is 1.77. The maximum Gasteiger partial charge on any atom is 0.418 e. The van der Waals surface area contributed by atoms with Crippen molar-refractivity contribution in [1.29, 1.82) is 0 Å². The van der Waals surface area contributed by atoms with Crippen LogP contribution in [0.2, 0.25) is 0 Å². The van der Waals surface area contributed by atoms with Gasteiger partial charge in [0.2, 0.25) is 0 Å². The van der Waals surface area contributed by atoms with E-state index in [-0.39, 0.29) is 25.0 Å². The van der Waals surface area contributed by atoms with Crippen molar-refractivity contribution < 1.29 is 18.4 Å². The van der Waals surface area contributed by atoms with Gasteiger partial charge in [-0.25, -0.2) is 4.57 Å².